The van der Waals surface area contributed by atoms with Crippen LogP contribution in [0.2, 0.25) is 0 Å². The number of carbonyl (C=O) groups is 1. The van der Waals surface area contributed by atoms with Gasteiger partial charge in [-0.1, -0.05) is 35.5 Å². The first kappa shape index (κ1) is 19.7. The van der Waals surface area contributed by atoms with E-state index >= 15 is 0 Å². The number of amides is 1. The number of H-pyrrole nitrogens is 1. The lowest BCUT2D eigenvalue weighted by atomic mass is 10.2. The third-order valence-corrected chi connectivity index (χ3v) is 5.51. The van der Waals surface area contributed by atoms with Gasteiger partial charge in [0.15, 0.2) is 11.5 Å². The minimum absolute atomic E-state index is 0.123. The molecular formula is C24H17N9O. The Bertz CT molecular complexity index is 1680. The molecule has 2 aromatic carbocycles. The Labute approximate surface area is 192 Å². The summed E-state index contributed by atoms with van der Waals surface area (Å²) in [6, 6.07) is 21.1. The van der Waals surface area contributed by atoms with Crippen molar-refractivity contribution >= 4 is 33.7 Å². The molecule has 6 rings (SSSR count). The van der Waals surface area contributed by atoms with E-state index in [1.54, 1.807) is 17.8 Å². The van der Waals surface area contributed by atoms with E-state index in [2.05, 4.69) is 40.8 Å². The van der Waals surface area contributed by atoms with Gasteiger partial charge in [-0.25, -0.2) is 9.67 Å². The van der Waals surface area contributed by atoms with E-state index in [9.17, 15) is 4.79 Å². The van der Waals surface area contributed by atoms with Crippen LogP contribution in [0.4, 0.5) is 5.95 Å². The Kier molecular flexibility index (Phi) is 4.54. The Hall–Kier alpha value is -4.99. The molecule has 0 radical (unpaired) electrons. The van der Waals surface area contributed by atoms with Crippen LogP contribution in [-0.4, -0.2) is 46.1 Å². The van der Waals surface area contributed by atoms with Crippen LogP contribution in [0, 0.1) is 6.92 Å². The molecule has 0 spiro atoms. The maximum atomic E-state index is 12.9. The molecule has 0 saturated carbocycles. The Balaban J connectivity index is 1.27. The molecule has 0 aliphatic carbocycles. The largest absolute Gasteiger partial charge is 0.288 e. The highest BCUT2D eigenvalue weighted by Crippen LogP contribution is 2.22. The number of nitrogens with zero attached hydrogens (tertiary/aromatic N) is 7. The van der Waals surface area contributed by atoms with Crippen LogP contribution in [0.15, 0.2) is 72.9 Å². The van der Waals surface area contributed by atoms with Crippen LogP contribution in [0.1, 0.15) is 16.2 Å². The molecule has 4 heterocycles. The number of pyridine rings is 2. The molecule has 2 N–H and O–H groups in total. The predicted molar refractivity (Wildman–Crippen MR) is 126 cm³/mol. The first-order valence-corrected chi connectivity index (χ1v) is 10.5. The van der Waals surface area contributed by atoms with Crippen molar-refractivity contribution in [3.63, 3.8) is 0 Å². The van der Waals surface area contributed by atoms with Crippen LogP contribution in [-0.2, 0) is 0 Å². The number of benzene rings is 2. The SMILES string of the molecule is Cc1c(C(=O)Nc2n[nH]c(-c3ccc4ccccc4n3)n2)nnn1-c1cccc2ncccc12. The standard InChI is InChI=1S/C24H17N9O/c1-14-21(29-32-33(14)20-10-4-9-18-16(20)7-5-13-25-18)23(34)28-24-27-22(30-31-24)19-12-11-15-6-2-3-8-17(15)26-19/h2-13H,1H3,(H2,27,28,30,31,34). The van der Waals surface area contributed by atoms with Crippen LogP contribution in [0.25, 0.3) is 39.0 Å². The van der Waals surface area contributed by atoms with Crippen molar-refractivity contribution in [1.82, 2.24) is 40.1 Å². The lowest BCUT2D eigenvalue weighted by molar-refractivity contribution is 0.102. The monoisotopic (exact) mass is 447 g/mol. The van der Waals surface area contributed by atoms with E-state index in [4.69, 9.17) is 0 Å². The summed E-state index contributed by atoms with van der Waals surface area (Å²) in [6.07, 6.45) is 1.73. The third-order valence-electron chi connectivity index (χ3n) is 5.51. The minimum atomic E-state index is -0.459. The van der Waals surface area contributed by atoms with E-state index in [0.717, 1.165) is 27.5 Å². The van der Waals surface area contributed by atoms with Crippen molar-refractivity contribution in [1.29, 1.82) is 0 Å². The lowest BCUT2D eigenvalue weighted by Crippen LogP contribution is -2.15. The fourth-order valence-electron chi connectivity index (χ4n) is 3.83. The summed E-state index contributed by atoms with van der Waals surface area (Å²) in [4.78, 5) is 26.2. The van der Waals surface area contributed by atoms with Crippen molar-refractivity contribution in [3.8, 4) is 17.2 Å². The van der Waals surface area contributed by atoms with Gasteiger partial charge in [0.25, 0.3) is 5.91 Å². The molecule has 0 bridgehead atoms. The lowest BCUT2D eigenvalue weighted by Gasteiger charge is -2.07. The molecule has 10 nitrogen and oxygen atoms in total. The molecule has 0 saturated heterocycles. The molecule has 6 aromatic rings. The Morgan fingerprint density at radius 3 is 2.76 bits per heavy atom. The zero-order chi connectivity index (χ0) is 23.1. The van der Waals surface area contributed by atoms with Gasteiger partial charge >= 0.3 is 0 Å². The number of aromatic amines is 1. The number of anilines is 1. The first-order chi connectivity index (χ1) is 16.7. The zero-order valence-electron chi connectivity index (χ0n) is 18.0. The molecule has 0 aliphatic rings. The molecular weight excluding hydrogens is 430 g/mol. The quantitative estimate of drug-likeness (QED) is 0.422. The number of para-hydroxylation sites is 1. The number of hydrogen-bond donors (Lipinski definition) is 2. The van der Waals surface area contributed by atoms with Gasteiger partial charge < -0.3 is 0 Å². The number of nitrogens with one attached hydrogen (secondary N) is 2. The predicted octanol–water partition coefficient (Wildman–Crippen LogP) is 3.71. The summed E-state index contributed by atoms with van der Waals surface area (Å²) in [5.74, 6) is 0.113. The van der Waals surface area contributed by atoms with E-state index in [-0.39, 0.29) is 11.6 Å². The highest BCUT2D eigenvalue weighted by molar-refractivity contribution is 6.02. The van der Waals surface area contributed by atoms with E-state index in [1.807, 2.05) is 66.7 Å². The molecule has 1 amide bonds. The van der Waals surface area contributed by atoms with Crippen molar-refractivity contribution in [2.24, 2.45) is 0 Å². The molecule has 4 aromatic heterocycles. The van der Waals surface area contributed by atoms with Crippen LogP contribution in [0.5, 0.6) is 0 Å². The molecule has 0 unspecified atom stereocenters. The summed E-state index contributed by atoms with van der Waals surface area (Å²) in [5.41, 5.74) is 3.85. The summed E-state index contributed by atoms with van der Waals surface area (Å²) < 4.78 is 1.63. The Morgan fingerprint density at radius 1 is 0.941 bits per heavy atom. The fourth-order valence-corrected chi connectivity index (χ4v) is 3.83. The molecule has 0 fully saturated rings. The van der Waals surface area contributed by atoms with Gasteiger partial charge in [0.05, 0.1) is 22.4 Å². The third kappa shape index (κ3) is 3.34. The summed E-state index contributed by atoms with van der Waals surface area (Å²) >= 11 is 0. The molecule has 0 atom stereocenters. The van der Waals surface area contributed by atoms with Gasteiger partial charge in [0.2, 0.25) is 5.95 Å². The normalized spacial score (nSPS) is 11.2. The molecule has 164 valence electrons. The van der Waals surface area contributed by atoms with Gasteiger partial charge in [-0.05, 0) is 43.3 Å². The van der Waals surface area contributed by atoms with E-state index < -0.39 is 5.91 Å². The smallest absolute Gasteiger partial charge is 0.280 e. The van der Waals surface area contributed by atoms with Crippen molar-refractivity contribution in [2.75, 3.05) is 5.32 Å². The highest BCUT2D eigenvalue weighted by atomic mass is 16.2. The number of aromatic nitrogens is 8. The molecule has 0 aliphatic heterocycles. The summed E-state index contributed by atoms with van der Waals surface area (Å²) in [5, 5.41) is 19.8. The zero-order valence-corrected chi connectivity index (χ0v) is 18.0. The maximum absolute atomic E-state index is 12.9. The fraction of sp³-hybridized carbons (Fsp3) is 0.0417. The van der Waals surface area contributed by atoms with Gasteiger partial charge in [-0.15, -0.1) is 10.2 Å². The topological polar surface area (TPSA) is 127 Å². The number of fused-ring (bicyclic) bond motifs is 2. The highest BCUT2D eigenvalue weighted by Gasteiger charge is 2.20. The number of rotatable bonds is 4. The molecule has 10 heteroatoms. The second-order valence-electron chi connectivity index (χ2n) is 7.63. The second-order valence-corrected chi connectivity index (χ2v) is 7.63. The molecule has 34 heavy (non-hydrogen) atoms. The van der Waals surface area contributed by atoms with Crippen LogP contribution < -0.4 is 5.32 Å². The van der Waals surface area contributed by atoms with Gasteiger partial charge in [-0.3, -0.25) is 20.2 Å². The van der Waals surface area contributed by atoms with Crippen LogP contribution in [0.3, 0.4) is 0 Å². The van der Waals surface area contributed by atoms with Crippen molar-refractivity contribution < 1.29 is 4.79 Å². The minimum Gasteiger partial charge on any atom is -0.288 e. The van der Waals surface area contributed by atoms with Gasteiger partial charge in [0, 0.05) is 17.0 Å². The van der Waals surface area contributed by atoms with E-state index in [1.165, 1.54) is 0 Å². The van der Waals surface area contributed by atoms with Gasteiger partial charge in [0.1, 0.15) is 5.69 Å². The van der Waals surface area contributed by atoms with Crippen LogP contribution >= 0.6 is 0 Å². The van der Waals surface area contributed by atoms with E-state index in [0.29, 0.717) is 17.2 Å². The maximum Gasteiger partial charge on any atom is 0.280 e. The van der Waals surface area contributed by atoms with Gasteiger partial charge in [-0.2, -0.15) is 4.98 Å². The summed E-state index contributed by atoms with van der Waals surface area (Å²) in [7, 11) is 0. The Morgan fingerprint density at radius 2 is 1.82 bits per heavy atom. The summed E-state index contributed by atoms with van der Waals surface area (Å²) in [6.45, 7) is 1.78. The van der Waals surface area contributed by atoms with Crippen molar-refractivity contribution in [3.05, 3.63) is 84.3 Å². The average Bonchev–Trinajstić information content (AvgIpc) is 3.50. The second kappa shape index (κ2) is 7.85. The number of carbonyl (C=O) groups excluding carboxylic acids is 1. The van der Waals surface area contributed by atoms with Crippen molar-refractivity contribution in [2.45, 2.75) is 6.92 Å². The average molecular weight is 447 g/mol. The number of hydrogen-bond acceptors (Lipinski definition) is 7. The first-order valence-electron chi connectivity index (χ1n) is 10.5.